The van der Waals surface area contributed by atoms with E-state index in [1.165, 1.54) is 24.3 Å². The van der Waals surface area contributed by atoms with E-state index in [0.717, 1.165) is 0 Å². The van der Waals surface area contributed by atoms with Gasteiger partial charge in [0, 0.05) is 0 Å². The van der Waals surface area contributed by atoms with Gasteiger partial charge in [-0.05, 0) is 37.5 Å². The Bertz CT molecular complexity index is 574. The summed E-state index contributed by atoms with van der Waals surface area (Å²) >= 11 is 0. The van der Waals surface area contributed by atoms with Crippen LogP contribution in [-0.4, -0.2) is 27.3 Å². The summed E-state index contributed by atoms with van der Waals surface area (Å²) in [4.78, 5) is 23.2. The van der Waals surface area contributed by atoms with Crippen LogP contribution in [0.3, 0.4) is 0 Å². The van der Waals surface area contributed by atoms with Gasteiger partial charge in [0.05, 0.1) is 5.41 Å². The van der Waals surface area contributed by atoms with Gasteiger partial charge in [-0.2, -0.15) is 0 Å². The molecule has 0 radical (unpaired) electrons. The summed E-state index contributed by atoms with van der Waals surface area (Å²) in [5.41, 5.74) is -2.03. The largest absolute Gasteiger partial charge is 0.508 e. The molecule has 0 aromatic heterocycles. The smallest absolute Gasteiger partial charge is 0.318 e. The van der Waals surface area contributed by atoms with Crippen molar-refractivity contribution in [3.05, 3.63) is 42.0 Å². The van der Waals surface area contributed by atoms with Gasteiger partial charge in [-0.15, -0.1) is 0 Å². The van der Waals surface area contributed by atoms with E-state index in [-0.39, 0.29) is 12.2 Å². The summed E-state index contributed by atoms with van der Waals surface area (Å²) in [5, 5.41) is 28.3. The quantitative estimate of drug-likeness (QED) is 0.735. The number of phenolic OH excluding ortho intramolecular Hbond substituents is 1. The average molecular weight is 276 g/mol. The fraction of sp³-hybridized carbons (Fsp3) is 0.333. The van der Waals surface area contributed by atoms with Crippen molar-refractivity contribution in [3.63, 3.8) is 0 Å². The van der Waals surface area contributed by atoms with Crippen molar-refractivity contribution in [1.29, 1.82) is 0 Å². The van der Waals surface area contributed by atoms with Crippen LogP contribution in [0.15, 0.2) is 36.4 Å². The molecule has 0 spiro atoms. The van der Waals surface area contributed by atoms with Gasteiger partial charge in [0.2, 0.25) is 0 Å². The van der Waals surface area contributed by atoms with Crippen molar-refractivity contribution < 1.29 is 24.9 Å². The van der Waals surface area contributed by atoms with E-state index < -0.39 is 22.8 Å². The van der Waals surface area contributed by atoms with Crippen molar-refractivity contribution in [2.45, 2.75) is 25.2 Å². The van der Waals surface area contributed by atoms with E-state index in [4.69, 9.17) is 0 Å². The maximum Gasteiger partial charge on any atom is 0.318 e. The third-order valence-electron chi connectivity index (χ3n) is 3.92. The van der Waals surface area contributed by atoms with Crippen molar-refractivity contribution in [1.82, 2.24) is 0 Å². The van der Waals surface area contributed by atoms with E-state index in [1.54, 1.807) is 19.1 Å². The number of rotatable bonds is 3. The van der Waals surface area contributed by atoms with Gasteiger partial charge < -0.3 is 15.3 Å². The molecule has 2 unspecified atom stereocenters. The summed E-state index contributed by atoms with van der Waals surface area (Å²) < 4.78 is 0. The molecule has 1 aliphatic carbocycles. The molecule has 20 heavy (non-hydrogen) atoms. The summed E-state index contributed by atoms with van der Waals surface area (Å²) in [6, 6.07) is 5.84. The lowest BCUT2D eigenvalue weighted by atomic mass is 9.63. The Morgan fingerprint density at radius 2 is 1.70 bits per heavy atom. The third kappa shape index (κ3) is 2.15. The third-order valence-corrected chi connectivity index (χ3v) is 3.92. The molecule has 3 N–H and O–H groups in total. The summed E-state index contributed by atoms with van der Waals surface area (Å²) in [6.45, 7) is 1.55. The van der Waals surface area contributed by atoms with Gasteiger partial charge in [0.1, 0.15) is 11.2 Å². The minimum absolute atomic E-state index is 0.0219. The minimum Gasteiger partial charge on any atom is -0.508 e. The van der Waals surface area contributed by atoms with Gasteiger partial charge in [-0.25, -0.2) is 0 Å². The number of carbonyl (C=O) groups is 2. The van der Waals surface area contributed by atoms with Crippen LogP contribution >= 0.6 is 0 Å². The van der Waals surface area contributed by atoms with Crippen LogP contribution in [0.4, 0.5) is 0 Å². The van der Waals surface area contributed by atoms with Crippen LogP contribution in [0.5, 0.6) is 5.75 Å². The number of hydrogen-bond acceptors (Lipinski definition) is 3. The fourth-order valence-electron chi connectivity index (χ4n) is 2.66. The predicted octanol–water partition coefficient (Wildman–Crippen LogP) is 2.16. The number of hydrogen-bond donors (Lipinski definition) is 3. The van der Waals surface area contributed by atoms with Gasteiger partial charge in [0.15, 0.2) is 0 Å². The molecular formula is C15H16O5. The van der Waals surface area contributed by atoms with Gasteiger partial charge in [-0.3, -0.25) is 9.59 Å². The van der Waals surface area contributed by atoms with Crippen LogP contribution < -0.4 is 0 Å². The number of allylic oxidation sites excluding steroid dienone is 1. The fourth-order valence-corrected chi connectivity index (χ4v) is 2.66. The first kappa shape index (κ1) is 14.1. The van der Waals surface area contributed by atoms with Crippen molar-refractivity contribution in [2.24, 2.45) is 5.41 Å². The zero-order valence-electron chi connectivity index (χ0n) is 11.0. The monoisotopic (exact) mass is 276 g/mol. The molecule has 0 saturated heterocycles. The summed E-state index contributed by atoms with van der Waals surface area (Å²) in [6.07, 6.45) is 3.44. The van der Waals surface area contributed by atoms with Crippen LogP contribution in [-0.2, 0) is 15.0 Å². The molecule has 2 rings (SSSR count). The van der Waals surface area contributed by atoms with Crippen LogP contribution in [0.25, 0.3) is 0 Å². The zero-order chi connectivity index (χ0) is 15.0. The Balaban J connectivity index is 2.54. The van der Waals surface area contributed by atoms with Gasteiger partial charge >= 0.3 is 11.9 Å². The van der Waals surface area contributed by atoms with E-state index in [1.807, 2.05) is 0 Å². The van der Waals surface area contributed by atoms with Crippen LogP contribution in [0.2, 0.25) is 0 Å². The second kappa shape index (κ2) is 4.67. The second-order valence-corrected chi connectivity index (χ2v) is 5.47. The van der Waals surface area contributed by atoms with Crippen molar-refractivity contribution in [2.75, 3.05) is 0 Å². The molecule has 0 heterocycles. The molecule has 0 fully saturated rings. The number of aliphatic carboxylic acids is 2. The van der Waals surface area contributed by atoms with Crippen LogP contribution in [0.1, 0.15) is 25.3 Å². The molecule has 2 atom stereocenters. The molecule has 1 aromatic rings. The first-order valence-electron chi connectivity index (χ1n) is 6.24. The molecule has 0 amide bonds. The van der Waals surface area contributed by atoms with Crippen molar-refractivity contribution in [3.8, 4) is 5.75 Å². The van der Waals surface area contributed by atoms with Gasteiger partial charge in [0.25, 0.3) is 0 Å². The van der Waals surface area contributed by atoms with E-state index in [2.05, 4.69) is 0 Å². The lowest BCUT2D eigenvalue weighted by Crippen LogP contribution is -2.44. The number of carboxylic acids is 2. The Labute approximate surface area is 116 Å². The standard InChI is InChI=1S/C15H16O5/c1-14(12(17)18)7-2-8-15(9-14,13(19)20)10-3-5-11(16)6-4-10/h2-6,8,16H,7,9H2,1H3,(H,17,18)(H,19,20). The normalized spacial score (nSPS) is 29.1. The maximum absolute atomic E-state index is 11.8. The molecule has 0 saturated carbocycles. The summed E-state index contributed by atoms with van der Waals surface area (Å²) in [7, 11) is 0. The molecule has 5 nitrogen and oxygen atoms in total. The lowest BCUT2D eigenvalue weighted by Gasteiger charge is -2.38. The number of carboxylic acid groups (broad SMARTS) is 2. The lowest BCUT2D eigenvalue weighted by molar-refractivity contribution is -0.152. The molecule has 0 bridgehead atoms. The highest BCUT2D eigenvalue weighted by molar-refractivity contribution is 5.87. The molecule has 106 valence electrons. The Hall–Kier alpha value is -2.30. The number of benzene rings is 1. The molecule has 5 heteroatoms. The topological polar surface area (TPSA) is 94.8 Å². The number of phenols is 1. The molecule has 1 aliphatic rings. The molecule has 0 aliphatic heterocycles. The van der Waals surface area contributed by atoms with E-state index in [0.29, 0.717) is 12.0 Å². The van der Waals surface area contributed by atoms with Crippen molar-refractivity contribution >= 4 is 11.9 Å². The van der Waals surface area contributed by atoms with E-state index >= 15 is 0 Å². The Morgan fingerprint density at radius 3 is 2.20 bits per heavy atom. The first-order valence-corrected chi connectivity index (χ1v) is 6.24. The number of aromatic hydroxyl groups is 1. The maximum atomic E-state index is 11.8. The molecule has 1 aromatic carbocycles. The minimum atomic E-state index is -1.38. The predicted molar refractivity (Wildman–Crippen MR) is 71.5 cm³/mol. The van der Waals surface area contributed by atoms with Gasteiger partial charge in [-0.1, -0.05) is 24.3 Å². The highest BCUT2D eigenvalue weighted by atomic mass is 16.4. The summed E-state index contributed by atoms with van der Waals surface area (Å²) in [5.74, 6) is -2.06. The Morgan fingerprint density at radius 1 is 1.10 bits per heavy atom. The zero-order valence-corrected chi connectivity index (χ0v) is 11.0. The molecular weight excluding hydrogens is 260 g/mol. The highest BCUT2D eigenvalue weighted by Crippen LogP contribution is 2.45. The SMILES string of the molecule is CC1(C(=O)O)CC=CC(C(=O)O)(c2ccc(O)cc2)C1. The highest BCUT2D eigenvalue weighted by Gasteiger charge is 2.49. The van der Waals surface area contributed by atoms with Crippen LogP contribution in [0, 0.1) is 5.41 Å². The Kier molecular flexibility index (Phi) is 3.29. The van der Waals surface area contributed by atoms with E-state index in [9.17, 15) is 24.9 Å². The average Bonchev–Trinajstić information content (AvgIpc) is 2.39. The second-order valence-electron chi connectivity index (χ2n) is 5.47. The first-order chi connectivity index (χ1) is 9.30.